The number of nitriles is 1. The highest BCUT2D eigenvalue weighted by atomic mass is 79.9. The van der Waals surface area contributed by atoms with Crippen molar-refractivity contribution in [3.63, 3.8) is 0 Å². The lowest BCUT2D eigenvalue weighted by Gasteiger charge is -2.31. The van der Waals surface area contributed by atoms with Crippen molar-refractivity contribution in [2.24, 2.45) is 0 Å². The summed E-state index contributed by atoms with van der Waals surface area (Å²) in [6, 6.07) is 14.5. The van der Waals surface area contributed by atoms with E-state index in [1.807, 2.05) is 19.1 Å². The number of carbonyl (C=O) groups is 1. The van der Waals surface area contributed by atoms with Crippen LogP contribution < -0.4 is 0 Å². The number of nitrogens with zero attached hydrogens (tertiary/aromatic N) is 4. The fraction of sp³-hybridized carbons (Fsp3) is 0.227. The second-order valence-electron chi connectivity index (χ2n) is 7.28. The largest absolute Gasteiger partial charge is 0.392 e. The lowest BCUT2D eigenvalue weighted by atomic mass is 10.0. The minimum absolute atomic E-state index is 0.00603. The Hall–Kier alpha value is -2.66. The Morgan fingerprint density at radius 1 is 1.30 bits per heavy atom. The van der Waals surface area contributed by atoms with Gasteiger partial charge in [0.25, 0.3) is 5.91 Å². The van der Waals surface area contributed by atoms with Crippen LogP contribution in [-0.4, -0.2) is 32.2 Å². The van der Waals surface area contributed by atoms with Crippen LogP contribution in [-0.2, 0) is 13.2 Å². The van der Waals surface area contributed by atoms with Crippen molar-refractivity contribution in [3.05, 3.63) is 74.3 Å². The molecule has 4 rings (SSSR count). The second-order valence-corrected chi connectivity index (χ2v) is 8.57. The fourth-order valence-electron chi connectivity index (χ4n) is 3.73. The lowest BCUT2D eigenvalue weighted by Crippen LogP contribution is -2.41. The van der Waals surface area contributed by atoms with Gasteiger partial charge in [0.1, 0.15) is 5.69 Å². The van der Waals surface area contributed by atoms with Crippen LogP contribution >= 0.6 is 27.5 Å². The number of aliphatic hydroxyl groups is 1. The van der Waals surface area contributed by atoms with Crippen molar-refractivity contribution in [1.29, 1.82) is 5.26 Å². The number of halogens is 2. The van der Waals surface area contributed by atoms with Gasteiger partial charge in [-0.05, 0) is 48.4 Å². The van der Waals surface area contributed by atoms with E-state index in [1.165, 1.54) is 0 Å². The third-order valence-electron chi connectivity index (χ3n) is 5.16. The van der Waals surface area contributed by atoms with Crippen LogP contribution in [0.5, 0.6) is 0 Å². The third kappa shape index (κ3) is 3.74. The van der Waals surface area contributed by atoms with Crippen LogP contribution in [0.1, 0.15) is 40.1 Å². The number of benzene rings is 2. The first-order chi connectivity index (χ1) is 14.4. The summed E-state index contributed by atoms with van der Waals surface area (Å²) in [5.41, 5.74) is 4.03. The van der Waals surface area contributed by atoms with Gasteiger partial charge < -0.3 is 10.0 Å². The molecular formula is C22H18BrClN4O2. The zero-order chi connectivity index (χ0) is 21.4. The van der Waals surface area contributed by atoms with E-state index in [4.69, 9.17) is 16.9 Å². The van der Waals surface area contributed by atoms with Crippen LogP contribution in [0.15, 0.2) is 46.9 Å². The highest BCUT2D eigenvalue weighted by Crippen LogP contribution is 2.36. The predicted octanol–water partition coefficient (Wildman–Crippen LogP) is 4.55. The summed E-state index contributed by atoms with van der Waals surface area (Å²) >= 11 is 9.61. The summed E-state index contributed by atoms with van der Waals surface area (Å²) in [7, 11) is 0. The van der Waals surface area contributed by atoms with Gasteiger partial charge >= 0.3 is 0 Å². The zero-order valence-corrected chi connectivity index (χ0v) is 18.5. The number of rotatable bonds is 4. The van der Waals surface area contributed by atoms with Crippen LogP contribution in [0.3, 0.4) is 0 Å². The molecule has 0 saturated heterocycles. The van der Waals surface area contributed by atoms with Crippen molar-refractivity contribution in [2.75, 3.05) is 6.54 Å². The van der Waals surface area contributed by atoms with Gasteiger partial charge in [-0.15, -0.1) is 0 Å². The summed E-state index contributed by atoms with van der Waals surface area (Å²) in [5.74, 6) is -0.105. The molecule has 1 N–H and O–H groups in total. The van der Waals surface area contributed by atoms with Gasteiger partial charge in [-0.1, -0.05) is 39.7 Å². The maximum Gasteiger partial charge on any atom is 0.272 e. The number of hydrogen-bond donors (Lipinski definition) is 1. The van der Waals surface area contributed by atoms with Crippen molar-refractivity contribution in [1.82, 2.24) is 14.7 Å². The fourth-order valence-corrected chi connectivity index (χ4v) is 4.81. The molecule has 2 aromatic carbocycles. The first-order valence-electron chi connectivity index (χ1n) is 9.38. The molecule has 1 aromatic heterocycles. The Morgan fingerprint density at radius 3 is 2.70 bits per heavy atom. The maximum atomic E-state index is 13.2. The first kappa shape index (κ1) is 20.6. The van der Waals surface area contributed by atoms with Crippen molar-refractivity contribution < 1.29 is 9.90 Å². The summed E-state index contributed by atoms with van der Waals surface area (Å²) in [6.07, 6.45) is 0. The summed E-state index contributed by atoms with van der Waals surface area (Å²) in [5, 5.41) is 23.9. The van der Waals surface area contributed by atoms with E-state index >= 15 is 0 Å². The van der Waals surface area contributed by atoms with E-state index in [1.54, 1.807) is 39.9 Å². The van der Waals surface area contributed by atoms with Crippen LogP contribution in [0, 0.1) is 11.3 Å². The first-order valence-corrected chi connectivity index (χ1v) is 10.6. The molecule has 3 aromatic rings. The van der Waals surface area contributed by atoms with Crippen LogP contribution in [0.4, 0.5) is 0 Å². The normalized spacial score (nSPS) is 15.8. The molecule has 0 unspecified atom stereocenters. The van der Waals surface area contributed by atoms with Gasteiger partial charge in [0, 0.05) is 28.1 Å². The molecule has 0 bridgehead atoms. The minimum Gasteiger partial charge on any atom is -0.392 e. The molecule has 8 heteroatoms. The van der Waals surface area contributed by atoms with E-state index in [9.17, 15) is 9.90 Å². The van der Waals surface area contributed by atoms with Gasteiger partial charge in [0.15, 0.2) is 0 Å². The Morgan fingerprint density at radius 2 is 2.03 bits per heavy atom. The molecule has 1 amide bonds. The van der Waals surface area contributed by atoms with Gasteiger partial charge in [0.05, 0.1) is 30.0 Å². The van der Waals surface area contributed by atoms with Gasteiger partial charge in [-0.2, -0.15) is 10.4 Å². The number of hydrogen-bond acceptors (Lipinski definition) is 4. The molecule has 6 nitrogen and oxygen atoms in total. The molecule has 0 radical (unpaired) electrons. The average Bonchev–Trinajstić information content (AvgIpc) is 3.17. The Balaban J connectivity index is 1.68. The monoisotopic (exact) mass is 484 g/mol. The number of carbonyl (C=O) groups excluding carboxylic acids is 1. The molecule has 2 heterocycles. The maximum absolute atomic E-state index is 13.2. The smallest absolute Gasteiger partial charge is 0.272 e. The molecule has 0 fully saturated rings. The highest BCUT2D eigenvalue weighted by Gasteiger charge is 2.31. The number of fused-ring (bicyclic) bond motifs is 1. The molecular weight excluding hydrogens is 468 g/mol. The van der Waals surface area contributed by atoms with Crippen molar-refractivity contribution >= 4 is 33.4 Å². The number of aromatic nitrogens is 2. The minimum atomic E-state index is -0.189. The SMILES string of the molecule is C[C@H]1CN(Cc2ccc(C#N)cc2)C(=O)c2cc(-c3c(Br)cc(Cl)cc3CO)nn21. The molecule has 1 aliphatic rings. The summed E-state index contributed by atoms with van der Waals surface area (Å²) < 4.78 is 2.46. The van der Waals surface area contributed by atoms with E-state index < -0.39 is 0 Å². The molecule has 1 atom stereocenters. The number of amides is 1. The van der Waals surface area contributed by atoms with Gasteiger partial charge in [-0.25, -0.2) is 0 Å². The standard InChI is InChI=1S/C22H18BrClN4O2/c1-13-10-27(11-15-4-2-14(9-25)3-5-15)22(30)20-8-19(26-28(13)20)21-16(12-29)6-17(24)7-18(21)23/h2-8,13,29H,10-12H2,1H3/t13-/m0/s1. The predicted molar refractivity (Wildman–Crippen MR) is 117 cm³/mol. The summed E-state index contributed by atoms with van der Waals surface area (Å²) in [4.78, 5) is 14.9. The number of aliphatic hydroxyl groups excluding tert-OH is 1. The molecule has 152 valence electrons. The van der Waals surface area contributed by atoms with Gasteiger partial charge in [-0.3, -0.25) is 9.48 Å². The third-order valence-corrected chi connectivity index (χ3v) is 6.01. The van der Waals surface area contributed by atoms with E-state index in [0.717, 1.165) is 11.1 Å². The van der Waals surface area contributed by atoms with Gasteiger partial charge in [0.2, 0.25) is 0 Å². The second kappa shape index (κ2) is 8.23. The van der Waals surface area contributed by atoms with Crippen LogP contribution in [0.25, 0.3) is 11.3 Å². The quantitative estimate of drug-likeness (QED) is 0.588. The van der Waals surface area contributed by atoms with Crippen molar-refractivity contribution in [3.8, 4) is 17.3 Å². The molecule has 0 spiro atoms. The van der Waals surface area contributed by atoms with E-state index in [0.29, 0.717) is 45.1 Å². The van der Waals surface area contributed by atoms with E-state index in [-0.39, 0.29) is 18.6 Å². The Bertz CT molecular complexity index is 1170. The Labute approximate surface area is 187 Å². The topological polar surface area (TPSA) is 82.2 Å². The highest BCUT2D eigenvalue weighted by molar-refractivity contribution is 9.10. The Kier molecular flexibility index (Phi) is 5.65. The van der Waals surface area contributed by atoms with E-state index in [2.05, 4.69) is 27.1 Å². The molecule has 1 aliphatic heterocycles. The lowest BCUT2D eigenvalue weighted by molar-refractivity contribution is 0.0651. The molecule has 0 aliphatic carbocycles. The molecule has 0 saturated carbocycles. The average molecular weight is 486 g/mol. The van der Waals surface area contributed by atoms with Crippen molar-refractivity contribution in [2.45, 2.75) is 26.1 Å². The molecule has 30 heavy (non-hydrogen) atoms. The summed E-state index contributed by atoms with van der Waals surface area (Å²) in [6.45, 7) is 2.82. The zero-order valence-electron chi connectivity index (χ0n) is 16.1. The van der Waals surface area contributed by atoms with Crippen LogP contribution in [0.2, 0.25) is 5.02 Å².